The smallest absolute Gasteiger partial charge is 0.229 e. The van der Waals surface area contributed by atoms with Gasteiger partial charge < -0.3 is 10.2 Å². The molecule has 7 heteroatoms. The maximum atomic E-state index is 14.1. The van der Waals surface area contributed by atoms with E-state index in [1.165, 1.54) is 12.1 Å². The molecule has 162 valence electrons. The molecule has 5 rings (SSSR count). The van der Waals surface area contributed by atoms with Gasteiger partial charge in [-0.3, -0.25) is 9.78 Å². The van der Waals surface area contributed by atoms with Gasteiger partial charge >= 0.3 is 0 Å². The second kappa shape index (κ2) is 7.91. The molecule has 2 aliphatic heterocycles. The summed E-state index contributed by atoms with van der Waals surface area (Å²) < 4.78 is 14.1. The number of ketones is 1. The Morgan fingerprint density at radius 2 is 1.88 bits per heavy atom. The van der Waals surface area contributed by atoms with Crippen LogP contribution in [0.2, 0.25) is 0 Å². The number of anilines is 1. The molecule has 1 saturated heterocycles. The summed E-state index contributed by atoms with van der Waals surface area (Å²) in [6.07, 6.45) is 3.72. The molecule has 2 aliphatic rings. The van der Waals surface area contributed by atoms with Crippen LogP contribution in [0.15, 0.2) is 54.4 Å². The van der Waals surface area contributed by atoms with Crippen LogP contribution in [-0.2, 0) is 0 Å². The Hall–Kier alpha value is -3.45. The van der Waals surface area contributed by atoms with Gasteiger partial charge in [0, 0.05) is 53.9 Å². The number of rotatable bonds is 4. The molecule has 1 N–H and O–H groups in total. The Kier molecular flexibility index (Phi) is 5.06. The minimum absolute atomic E-state index is 0.0840. The number of carbonyl (C=O) groups is 1. The lowest BCUT2D eigenvalue weighted by molar-refractivity contribution is 0.0966. The Labute approximate surface area is 186 Å². The molecule has 2 aromatic heterocycles. The number of halogens is 1. The van der Waals surface area contributed by atoms with Crippen molar-refractivity contribution >= 4 is 11.7 Å². The van der Waals surface area contributed by atoms with E-state index in [1.807, 2.05) is 50.1 Å². The maximum absolute atomic E-state index is 14.1. The minimum atomic E-state index is -0.467. The molecule has 2 atom stereocenters. The number of pyridine rings is 1. The van der Waals surface area contributed by atoms with Crippen LogP contribution in [0.4, 0.5) is 10.3 Å². The molecule has 6 nitrogen and oxygen atoms in total. The summed E-state index contributed by atoms with van der Waals surface area (Å²) in [4.78, 5) is 29.2. The van der Waals surface area contributed by atoms with Crippen molar-refractivity contribution in [2.24, 2.45) is 5.92 Å². The number of fused-ring (bicyclic) bond motifs is 1. The van der Waals surface area contributed by atoms with E-state index < -0.39 is 11.9 Å². The zero-order valence-electron chi connectivity index (χ0n) is 18.3. The quantitative estimate of drug-likeness (QED) is 0.637. The Morgan fingerprint density at radius 1 is 1.09 bits per heavy atom. The number of nitrogens with zero attached hydrogens (tertiary/aromatic N) is 4. The van der Waals surface area contributed by atoms with Crippen molar-refractivity contribution in [3.8, 4) is 11.3 Å². The molecule has 0 amide bonds. The molecule has 0 spiro atoms. The van der Waals surface area contributed by atoms with Crippen molar-refractivity contribution in [2.45, 2.75) is 26.8 Å². The molecule has 4 heterocycles. The molecule has 0 bridgehead atoms. The number of hydrogen-bond donors (Lipinski definition) is 1. The van der Waals surface area contributed by atoms with Crippen molar-refractivity contribution in [1.29, 1.82) is 0 Å². The highest BCUT2D eigenvalue weighted by atomic mass is 19.1. The maximum Gasteiger partial charge on any atom is 0.229 e. The van der Waals surface area contributed by atoms with Crippen LogP contribution in [0.3, 0.4) is 0 Å². The second-order valence-corrected chi connectivity index (χ2v) is 8.55. The molecule has 0 radical (unpaired) electrons. The van der Waals surface area contributed by atoms with Crippen LogP contribution < -0.4 is 10.2 Å². The summed E-state index contributed by atoms with van der Waals surface area (Å²) >= 11 is 0. The van der Waals surface area contributed by atoms with Gasteiger partial charge in [-0.1, -0.05) is 6.07 Å². The molecule has 1 fully saturated rings. The van der Waals surface area contributed by atoms with Crippen molar-refractivity contribution in [1.82, 2.24) is 20.3 Å². The Balaban J connectivity index is 1.48. The van der Waals surface area contributed by atoms with Gasteiger partial charge in [-0.05, 0) is 62.2 Å². The number of aromatic nitrogens is 3. The predicted molar refractivity (Wildman–Crippen MR) is 121 cm³/mol. The highest BCUT2D eigenvalue weighted by Gasteiger charge is 2.40. The molecule has 2 unspecified atom stereocenters. The van der Waals surface area contributed by atoms with E-state index in [1.54, 1.807) is 12.3 Å². The van der Waals surface area contributed by atoms with Crippen LogP contribution in [0.25, 0.3) is 11.3 Å². The fraction of sp³-hybridized carbons (Fsp3) is 0.280. The summed E-state index contributed by atoms with van der Waals surface area (Å²) in [7, 11) is 0. The number of aryl methyl sites for hydroxylation is 3. The van der Waals surface area contributed by atoms with E-state index in [9.17, 15) is 9.18 Å². The lowest BCUT2D eigenvalue weighted by atomic mass is 9.91. The fourth-order valence-electron chi connectivity index (χ4n) is 4.50. The third kappa shape index (κ3) is 3.69. The predicted octanol–water partition coefficient (Wildman–Crippen LogP) is 3.78. The first-order chi connectivity index (χ1) is 15.4. The standard InChI is InChI=1S/C25H24FN5O/c1-14-4-7-22(27-10-14)20-9-18(26)5-6-19(20)24(32)23-21-13-31(12-17(21)11-28-23)25-29-15(2)8-16(3)30-25/h4-10,13,17,23,28H,11-12H2,1-3H3. The van der Waals surface area contributed by atoms with Gasteiger partial charge in [0.05, 0.1) is 11.7 Å². The normalized spacial score (nSPS) is 19.8. The first kappa shape index (κ1) is 20.5. The zero-order valence-corrected chi connectivity index (χ0v) is 18.3. The largest absolute Gasteiger partial charge is 0.316 e. The van der Waals surface area contributed by atoms with Crippen molar-refractivity contribution in [3.05, 3.63) is 82.7 Å². The number of nitrogens with one attached hydrogen (secondary N) is 1. The van der Waals surface area contributed by atoms with E-state index in [4.69, 9.17) is 0 Å². The number of benzene rings is 1. The summed E-state index contributed by atoms with van der Waals surface area (Å²) in [5.74, 6) is 0.380. The third-order valence-corrected chi connectivity index (χ3v) is 6.02. The molecular weight excluding hydrogens is 405 g/mol. The molecule has 0 saturated carbocycles. The van der Waals surface area contributed by atoms with Gasteiger partial charge in [-0.25, -0.2) is 14.4 Å². The third-order valence-electron chi connectivity index (χ3n) is 6.02. The molecule has 32 heavy (non-hydrogen) atoms. The SMILES string of the molecule is Cc1ccc(-c2cc(F)ccc2C(=O)C2NCC3CN(c4nc(C)cc(C)n4)C=C32)nc1. The van der Waals surface area contributed by atoms with E-state index >= 15 is 0 Å². The topological polar surface area (TPSA) is 71.0 Å². The summed E-state index contributed by atoms with van der Waals surface area (Å²) in [6, 6.07) is 9.48. The number of hydrogen-bond acceptors (Lipinski definition) is 6. The lowest BCUT2D eigenvalue weighted by Crippen LogP contribution is -2.33. The van der Waals surface area contributed by atoms with Crippen LogP contribution >= 0.6 is 0 Å². The van der Waals surface area contributed by atoms with Crippen molar-refractivity contribution in [2.75, 3.05) is 18.0 Å². The van der Waals surface area contributed by atoms with E-state index in [-0.39, 0.29) is 11.7 Å². The monoisotopic (exact) mass is 429 g/mol. The van der Waals surface area contributed by atoms with E-state index in [0.717, 1.165) is 29.1 Å². The Bertz CT molecular complexity index is 1220. The van der Waals surface area contributed by atoms with Crippen LogP contribution in [0, 0.1) is 32.5 Å². The summed E-state index contributed by atoms with van der Waals surface area (Å²) in [5.41, 5.74) is 5.40. The van der Waals surface area contributed by atoms with Gasteiger partial charge in [0.25, 0.3) is 0 Å². The van der Waals surface area contributed by atoms with Gasteiger partial charge in [-0.2, -0.15) is 0 Å². The lowest BCUT2D eigenvalue weighted by Gasteiger charge is -2.17. The Morgan fingerprint density at radius 3 is 2.59 bits per heavy atom. The van der Waals surface area contributed by atoms with Gasteiger partial charge in [0.2, 0.25) is 5.95 Å². The van der Waals surface area contributed by atoms with Gasteiger partial charge in [0.1, 0.15) is 5.82 Å². The zero-order chi connectivity index (χ0) is 22.4. The molecule has 1 aromatic carbocycles. The first-order valence-corrected chi connectivity index (χ1v) is 10.7. The first-order valence-electron chi connectivity index (χ1n) is 10.7. The van der Waals surface area contributed by atoms with Crippen LogP contribution in [0.1, 0.15) is 27.3 Å². The van der Waals surface area contributed by atoms with Crippen molar-refractivity contribution < 1.29 is 9.18 Å². The average molecular weight is 429 g/mol. The number of carbonyl (C=O) groups excluding carboxylic acids is 1. The molecule has 3 aromatic rings. The van der Waals surface area contributed by atoms with Gasteiger partial charge in [-0.15, -0.1) is 0 Å². The fourth-order valence-corrected chi connectivity index (χ4v) is 4.50. The average Bonchev–Trinajstić information content (AvgIpc) is 3.34. The summed E-state index contributed by atoms with van der Waals surface area (Å²) in [5, 5.41) is 3.35. The van der Waals surface area contributed by atoms with Gasteiger partial charge in [0.15, 0.2) is 5.78 Å². The van der Waals surface area contributed by atoms with E-state index in [0.29, 0.717) is 29.3 Å². The highest BCUT2D eigenvalue weighted by Crippen LogP contribution is 2.34. The van der Waals surface area contributed by atoms with Crippen LogP contribution in [-0.4, -0.2) is 39.9 Å². The van der Waals surface area contributed by atoms with Crippen molar-refractivity contribution in [3.63, 3.8) is 0 Å². The minimum Gasteiger partial charge on any atom is -0.316 e. The summed E-state index contributed by atoms with van der Waals surface area (Å²) in [6.45, 7) is 7.26. The molecular formula is C25H24FN5O. The highest BCUT2D eigenvalue weighted by molar-refractivity contribution is 6.07. The molecule has 0 aliphatic carbocycles. The van der Waals surface area contributed by atoms with Crippen LogP contribution in [0.5, 0.6) is 0 Å². The second-order valence-electron chi connectivity index (χ2n) is 8.55. The number of Topliss-reactive ketones (excluding diaryl/α,β-unsaturated/α-hetero) is 1. The van der Waals surface area contributed by atoms with E-state index in [2.05, 4.69) is 20.3 Å².